The molecule has 0 fully saturated rings. The van der Waals surface area contributed by atoms with Crippen molar-refractivity contribution in [3.8, 4) is 78.5 Å². The number of nitrogens with zero attached hydrogens (tertiary/aromatic N) is 11. The van der Waals surface area contributed by atoms with Gasteiger partial charge in [-0.1, -0.05) is 352 Å². The normalized spacial score (nSPS) is 11.8. The quantitative estimate of drug-likeness (QED) is 0.0788. The molecule has 0 amide bonds. The lowest BCUT2D eigenvalue weighted by molar-refractivity contribution is 0.591. The predicted molar refractivity (Wildman–Crippen MR) is 538 cm³/mol. The molecule has 0 saturated heterocycles. The maximum Gasteiger partial charge on any atom is 0.171 e. The first-order chi connectivity index (χ1) is 63.7. The van der Waals surface area contributed by atoms with E-state index in [1.165, 1.54) is 35.2 Å². The number of hydrogen-bond donors (Lipinski definition) is 0. The van der Waals surface area contributed by atoms with Crippen molar-refractivity contribution < 1.29 is 9.13 Å². The Kier molecular flexibility index (Phi) is 20.1. The van der Waals surface area contributed by atoms with E-state index >= 15 is 0 Å². The summed E-state index contributed by atoms with van der Waals surface area (Å²) in [5, 5.41) is 16.8. The minimum absolute atomic E-state index is 0.819. The SMILES string of the molecule is O=P(c1ccccc1)(c1ccccc1)c1ccc(-c2ccc(-c3nc4ccccc4c4c3ccc3nsnc34)cc2)cc1.O=P(c1ccccc1)(c1ccccc1)c1ccc(-c2ccc(-c3nc4ccccc4c4c3ccc3nsnc34)cc2)cc1.c1ccc(-c2ccc3ccc4ccc(-c5ccc(-c6nc7ccccc7c7c6ccc6nsnc67)cc5)nc4c3n2)cc1. The number of hydrogen-bond acceptors (Lipinski definition) is 16. The first kappa shape index (κ1) is 78.2. The van der Waals surface area contributed by atoms with E-state index < -0.39 is 14.3 Å². The van der Waals surface area contributed by atoms with E-state index in [1.807, 2.05) is 218 Å². The fraction of sp³-hybridized carbons (Fsp3) is 0. The first-order valence-electron chi connectivity index (χ1n) is 42.2. The summed E-state index contributed by atoms with van der Waals surface area (Å²) in [6.45, 7) is 0. The number of para-hydroxylation sites is 3. The summed E-state index contributed by atoms with van der Waals surface area (Å²) in [6, 6.07) is 141. The minimum Gasteiger partial charge on any atom is -0.309 e. The highest BCUT2D eigenvalue weighted by Gasteiger charge is 2.32. The van der Waals surface area contributed by atoms with Gasteiger partial charge < -0.3 is 9.13 Å². The van der Waals surface area contributed by atoms with Gasteiger partial charge in [0.25, 0.3) is 0 Å². The van der Waals surface area contributed by atoms with Gasteiger partial charge in [0.05, 0.1) is 91.2 Å². The molecule has 25 rings (SSSR count). The van der Waals surface area contributed by atoms with Crippen LogP contribution in [0.5, 0.6) is 0 Å². The fourth-order valence-electron chi connectivity index (χ4n) is 17.8. The van der Waals surface area contributed by atoms with Crippen molar-refractivity contribution in [2.24, 2.45) is 0 Å². The van der Waals surface area contributed by atoms with E-state index in [4.69, 9.17) is 24.9 Å². The molecule has 0 bridgehead atoms. The van der Waals surface area contributed by atoms with Gasteiger partial charge in [0.2, 0.25) is 0 Å². The van der Waals surface area contributed by atoms with Gasteiger partial charge in [-0.3, -0.25) is 0 Å². The van der Waals surface area contributed by atoms with Crippen LogP contribution in [0.25, 0.3) is 198 Å². The van der Waals surface area contributed by atoms with Crippen molar-refractivity contribution in [2.75, 3.05) is 0 Å². The highest BCUT2D eigenvalue weighted by molar-refractivity contribution is 7.85. The zero-order chi connectivity index (χ0) is 85.9. The maximum atomic E-state index is 14.7. The summed E-state index contributed by atoms with van der Waals surface area (Å²) in [7, 11) is -6.02. The monoisotopic (exact) mass is 1750 g/mol. The summed E-state index contributed by atoms with van der Waals surface area (Å²) in [6.07, 6.45) is 0. The molecule has 0 radical (unpaired) electrons. The lowest BCUT2D eigenvalue weighted by Gasteiger charge is -2.20. The highest BCUT2D eigenvalue weighted by atomic mass is 32.1. The van der Waals surface area contributed by atoms with Crippen LogP contribution in [0.2, 0.25) is 0 Å². The van der Waals surface area contributed by atoms with E-state index in [0.717, 1.165) is 230 Å². The molecule has 8 heterocycles. The van der Waals surface area contributed by atoms with Crippen LogP contribution in [0.15, 0.2) is 419 Å². The molecule has 0 saturated carbocycles. The Morgan fingerprint density at radius 3 is 0.736 bits per heavy atom. The van der Waals surface area contributed by atoms with Gasteiger partial charge in [-0.05, 0) is 89.0 Å². The molecule has 18 heteroatoms. The maximum absolute atomic E-state index is 14.7. The van der Waals surface area contributed by atoms with Crippen LogP contribution >= 0.6 is 49.5 Å². The van der Waals surface area contributed by atoms with Crippen LogP contribution in [0, 0.1) is 0 Å². The van der Waals surface area contributed by atoms with Crippen LogP contribution in [0.4, 0.5) is 0 Å². The highest BCUT2D eigenvalue weighted by Crippen LogP contribution is 2.47. The van der Waals surface area contributed by atoms with Gasteiger partial charge in [0, 0.05) is 119 Å². The zero-order valence-electron chi connectivity index (χ0n) is 68.7. The molecule has 13 nitrogen and oxygen atoms in total. The number of fused-ring (bicyclic) bond motifs is 18. The molecule has 0 unspecified atom stereocenters. The van der Waals surface area contributed by atoms with Crippen molar-refractivity contribution >= 4 is 201 Å². The lowest BCUT2D eigenvalue weighted by Crippen LogP contribution is -2.24. The largest absolute Gasteiger partial charge is 0.309 e. The molecule has 25 aromatic rings. The van der Waals surface area contributed by atoms with Crippen molar-refractivity contribution in [1.82, 2.24) is 51.2 Å². The van der Waals surface area contributed by atoms with Crippen LogP contribution < -0.4 is 31.8 Å². The molecule has 0 N–H and O–H groups in total. The van der Waals surface area contributed by atoms with E-state index in [0.29, 0.717) is 0 Å². The average Bonchev–Trinajstić information content (AvgIpc) is 1.73. The molecule has 0 aliphatic rings. The summed E-state index contributed by atoms with van der Waals surface area (Å²) in [5.41, 5.74) is 24.3. The fourth-order valence-corrected chi connectivity index (χ4v) is 24.7. The second-order valence-electron chi connectivity index (χ2n) is 31.6. The molecule has 0 spiro atoms. The number of benzene rings is 17. The Labute approximate surface area is 752 Å². The predicted octanol–water partition coefficient (Wildman–Crippen LogP) is 26.2. The number of aromatic nitrogens is 11. The van der Waals surface area contributed by atoms with Crippen LogP contribution in [0.1, 0.15) is 0 Å². The Balaban J connectivity index is 0.000000110. The first-order valence-corrected chi connectivity index (χ1v) is 47.8. The molecular weight excluding hydrogens is 1680 g/mol. The van der Waals surface area contributed by atoms with Gasteiger partial charge in [-0.15, -0.1) is 0 Å². The van der Waals surface area contributed by atoms with E-state index in [2.05, 4.69) is 226 Å². The number of pyridine rings is 5. The molecule has 129 heavy (non-hydrogen) atoms. The molecule has 0 atom stereocenters. The molecule has 17 aromatic carbocycles. The Hall–Kier alpha value is -15.5. The lowest BCUT2D eigenvalue weighted by atomic mass is 9.97. The van der Waals surface area contributed by atoms with Gasteiger partial charge in [0.15, 0.2) is 14.3 Å². The van der Waals surface area contributed by atoms with Crippen LogP contribution in [-0.2, 0) is 9.13 Å². The second-order valence-corrected chi connectivity index (χ2v) is 38.8. The molecule has 8 aromatic heterocycles. The Bertz CT molecular complexity index is 8310. The van der Waals surface area contributed by atoms with Crippen molar-refractivity contribution in [3.05, 3.63) is 419 Å². The van der Waals surface area contributed by atoms with Crippen molar-refractivity contribution in [2.45, 2.75) is 0 Å². The Morgan fingerprint density at radius 1 is 0.171 bits per heavy atom. The molecular formula is C111H69N11O2P2S3. The smallest absolute Gasteiger partial charge is 0.171 e. The molecule has 0 aliphatic carbocycles. The van der Waals surface area contributed by atoms with Gasteiger partial charge in [-0.2, -0.15) is 26.2 Å². The molecule has 608 valence electrons. The molecule has 0 aliphatic heterocycles. The summed E-state index contributed by atoms with van der Waals surface area (Å²) in [5.74, 6) is 0. The standard InChI is InChI=1S/C37H21N5S.2C37H24N3OPS/c1-2-6-22(7-3-1)29-19-16-25-14-15-26-17-20-30(39-36(26)35(25)38-29)23-10-12-24(13-11-23)34-28-18-21-32-37(42-43-41-32)33(28)27-8-4-5-9-31(27)40-34;2*41-42(28-9-3-1-4-10-28,29-11-5-2-6-12-29)30-21-19-26(20-22-30)25-15-17-27(18-16-25)36-32-23-24-34-37(40-43-39-34)35(32)31-13-7-8-14-33(31)38-36/h1-21H;2*1-24H. The van der Waals surface area contributed by atoms with E-state index in [1.54, 1.807) is 0 Å². The zero-order valence-corrected chi connectivity index (χ0v) is 72.9. The van der Waals surface area contributed by atoms with Crippen molar-refractivity contribution in [1.29, 1.82) is 0 Å². The summed E-state index contributed by atoms with van der Waals surface area (Å²) in [4.78, 5) is 25.5. The van der Waals surface area contributed by atoms with Gasteiger partial charge in [-0.25, -0.2) is 24.9 Å². The van der Waals surface area contributed by atoms with Gasteiger partial charge >= 0.3 is 0 Å². The van der Waals surface area contributed by atoms with E-state index in [-0.39, 0.29) is 0 Å². The number of rotatable bonds is 13. The topological polar surface area (TPSA) is 176 Å². The summed E-state index contributed by atoms with van der Waals surface area (Å²) < 4.78 is 56.8. The Morgan fingerprint density at radius 2 is 0.419 bits per heavy atom. The van der Waals surface area contributed by atoms with Crippen LogP contribution in [-0.4, -0.2) is 51.2 Å². The second kappa shape index (κ2) is 33.1. The summed E-state index contributed by atoms with van der Waals surface area (Å²) >= 11 is 3.72. The third-order valence-electron chi connectivity index (χ3n) is 24.2. The average molecular weight is 1750 g/mol. The minimum atomic E-state index is -3.01. The van der Waals surface area contributed by atoms with Gasteiger partial charge in [0.1, 0.15) is 33.1 Å². The third kappa shape index (κ3) is 14.2. The third-order valence-corrected chi connectivity index (χ3v) is 32.0. The van der Waals surface area contributed by atoms with Crippen molar-refractivity contribution in [3.63, 3.8) is 0 Å². The van der Waals surface area contributed by atoms with Crippen LogP contribution in [0.3, 0.4) is 0 Å². The van der Waals surface area contributed by atoms with E-state index in [9.17, 15) is 9.13 Å².